The Morgan fingerprint density at radius 2 is 2.08 bits per heavy atom. The zero-order chi connectivity index (χ0) is 16.9. The van der Waals surface area contributed by atoms with Crippen molar-refractivity contribution in [2.45, 2.75) is 13.1 Å². The first-order valence-corrected chi connectivity index (χ1v) is 8.13. The second-order valence-corrected chi connectivity index (χ2v) is 6.05. The van der Waals surface area contributed by atoms with Gasteiger partial charge < -0.3 is 5.32 Å². The summed E-state index contributed by atoms with van der Waals surface area (Å²) in [6.07, 6.45) is 0. The fourth-order valence-electron chi connectivity index (χ4n) is 2.16. The van der Waals surface area contributed by atoms with E-state index < -0.39 is 0 Å². The minimum Gasteiger partial charge on any atom is -0.350 e. The first-order valence-electron chi connectivity index (χ1n) is 7.25. The molecule has 0 saturated carbocycles. The van der Waals surface area contributed by atoms with Gasteiger partial charge in [0, 0.05) is 12.6 Å². The molecule has 2 aromatic heterocycles. The van der Waals surface area contributed by atoms with E-state index in [1.807, 2.05) is 17.5 Å². The van der Waals surface area contributed by atoms with Crippen molar-refractivity contribution in [3.63, 3.8) is 0 Å². The van der Waals surface area contributed by atoms with Gasteiger partial charge in [-0.25, -0.2) is 9.07 Å². The lowest BCUT2D eigenvalue weighted by Crippen LogP contribution is -2.33. The van der Waals surface area contributed by atoms with E-state index >= 15 is 0 Å². The molecule has 0 fully saturated rings. The summed E-state index contributed by atoms with van der Waals surface area (Å²) in [5.74, 6) is -0.722. The molecule has 0 radical (unpaired) electrons. The van der Waals surface area contributed by atoms with Crippen molar-refractivity contribution < 1.29 is 9.18 Å². The lowest BCUT2D eigenvalue weighted by atomic mass is 10.2. The van der Waals surface area contributed by atoms with Crippen molar-refractivity contribution >= 4 is 17.2 Å². The van der Waals surface area contributed by atoms with Crippen LogP contribution in [0, 0.1) is 5.82 Å². The van der Waals surface area contributed by atoms with E-state index in [9.17, 15) is 14.0 Å². The van der Waals surface area contributed by atoms with Gasteiger partial charge in [-0.15, -0.1) is 11.3 Å². The third kappa shape index (κ3) is 3.94. The molecule has 122 valence electrons. The van der Waals surface area contributed by atoms with Gasteiger partial charge in [-0.2, -0.15) is 5.10 Å². The highest BCUT2D eigenvalue weighted by molar-refractivity contribution is 7.13. The maximum Gasteiger partial charge on any atom is 0.267 e. The third-order valence-electron chi connectivity index (χ3n) is 3.31. The van der Waals surface area contributed by atoms with E-state index in [1.165, 1.54) is 29.5 Å². The summed E-state index contributed by atoms with van der Waals surface area (Å²) in [4.78, 5) is 24.8. The number of halogens is 1. The van der Waals surface area contributed by atoms with Gasteiger partial charge in [-0.3, -0.25) is 9.59 Å². The van der Waals surface area contributed by atoms with Gasteiger partial charge >= 0.3 is 0 Å². The first kappa shape index (κ1) is 16.1. The number of benzene rings is 1. The predicted octanol–water partition coefficient (Wildman–Crippen LogP) is 2.43. The Kier molecular flexibility index (Phi) is 4.81. The minimum atomic E-state index is -0.364. The zero-order valence-corrected chi connectivity index (χ0v) is 13.4. The topological polar surface area (TPSA) is 64.0 Å². The van der Waals surface area contributed by atoms with Crippen molar-refractivity contribution in [3.05, 3.63) is 75.6 Å². The quantitative estimate of drug-likeness (QED) is 0.774. The average molecular weight is 343 g/mol. The Morgan fingerprint density at radius 1 is 1.21 bits per heavy atom. The van der Waals surface area contributed by atoms with Gasteiger partial charge in [-0.05, 0) is 35.2 Å². The van der Waals surface area contributed by atoms with E-state index in [-0.39, 0.29) is 30.4 Å². The summed E-state index contributed by atoms with van der Waals surface area (Å²) in [5.41, 5.74) is 0.940. The molecule has 0 aliphatic heterocycles. The van der Waals surface area contributed by atoms with Crippen molar-refractivity contribution in [1.29, 1.82) is 0 Å². The van der Waals surface area contributed by atoms with Crippen molar-refractivity contribution in [3.8, 4) is 10.6 Å². The van der Waals surface area contributed by atoms with Crippen molar-refractivity contribution in [2.24, 2.45) is 0 Å². The van der Waals surface area contributed by atoms with Crippen LogP contribution in [0.4, 0.5) is 4.39 Å². The standard InChI is InChI=1S/C17H14FN3O2S/c18-13-4-1-3-12(9-13)10-19-16(22)11-21-17(23)7-6-14(20-21)15-5-2-8-24-15/h1-9H,10-11H2,(H,19,22). The number of thiophene rings is 1. The van der Waals surface area contributed by atoms with E-state index in [0.29, 0.717) is 11.3 Å². The number of hydrogen-bond acceptors (Lipinski definition) is 4. The number of amides is 1. The second-order valence-electron chi connectivity index (χ2n) is 5.10. The van der Waals surface area contributed by atoms with Gasteiger partial charge in [0.1, 0.15) is 18.1 Å². The summed E-state index contributed by atoms with van der Waals surface area (Å²) in [6.45, 7) is 0.00330. The molecule has 1 amide bonds. The minimum absolute atomic E-state index is 0.187. The van der Waals surface area contributed by atoms with Crippen LogP contribution in [-0.2, 0) is 17.9 Å². The van der Waals surface area contributed by atoms with Gasteiger partial charge in [0.05, 0.1) is 4.88 Å². The van der Waals surface area contributed by atoms with Gasteiger partial charge in [0.25, 0.3) is 5.56 Å². The average Bonchev–Trinajstić information content (AvgIpc) is 3.10. The molecule has 5 nitrogen and oxygen atoms in total. The Hall–Kier alpha value is -2.80. The maximum absolute atomic E-state index is 13.1. The monoisotopic (exact) mass is 343 g/mol. The van der Waals surface area contributed by atoms with Crippen LogP contribution in [0.15, 0.2) is 58.7 Å². The van der Waals surface area contributed by atoms with Crippen LogP contribution in [0.25, 0.3) is 10.6 Å². The molecule has 0 aliphatic carbocycles. The summed E-state index contributed by atoms with van der Waals surface area (Å²) in [6, 6.07) is 12.8. The summed E-state index contributed by atoms with van der Waals surface area (Å²) in [5, 5.41) is 8.79. The van der Waals surface area contributed by atoms with Gasteiger partial charge in [0.15, 0.2) is 0 Å². The summed E-state index contributed by atoms with van der Waals surface area (Å²) < 4.78 is 14.2. The van der Waals surface area contributed by atoms with Crippen LogP contribution in [0.2, 0.25) is 0 Å². The molecule has 2 heterocycles. The number of hydrogen-bond donors (Lipinski definition) is 1. The smallest absolute Gasteiger partial charge is 0.267 e. The molecule has 0 spiro atoms. The normalized spacial score (nSPS) is 10.5. The van der Waals surface area contributed by atoms with E-state index in [4.69, 9.17) is 0 Å². The fourth-order valence-corrected chi connectivity index (χ4v) is 2.85. The second kappa shape index (κ2) is 7.18. The Bertz CT molecular complexity index is 906. The highest BCUT2D eigenvalue weighted by Gasteiger charge is 2.08. The molecule has 0 aliphatic rings. The molecule has 0 atom stereocenters. The van der Waals surface area contributed by atoms with Gasteiger partial charge in [0.2, 0.25) is 5.91 Å². The van der Waals surface area contributed by atoms with E-state index in [1.54, 1.807) is 18.2 Å². The molecule has 0 unspecified atom stereocenters. The van der Waals surface area contributed by atoms with Crippen LogP contribution in [0.3, 0.4) is 0 Å². The van der Waals surface area contributed by atoms with Crippen molar-refractivity contribution in [1.82, 2.24) is 15.1 Å². The molecule has 3 aromatic rings. The Labute approximate surface area is 141 Å². The molecule has 24 heavy (non-hydrogen) atoms. The Morgan fingerprint density at radius 3 is 2.83 bits per heavy atom. The van der Waals surface area contributed by atoms with Gasteiger partial charge in [-0.1, -0.05) is 18.2 Å². The van der Waals surface area contributed by atoms with E-state index in [0.717, 1.165) is 9.56 Å². The lowest BCUT2D eigenvalue weighted by Gasteiger charge is -2.08. The lowest BCUT2D eigenvalue weighted by molar-refractivity contribution is -0.122. The number of carbonyl (C=O) groups excluding carboxylic acids is 1. The molecule has 0 saturated heterocycles. The largest absolute Gasteiger partial charge is 0.350 e. The molecule has 3 rings (SSSR count). The SMILES string of the molecule is O=C(Cn1nc(-c2cccs2)ccc1=O)NCc1cccc(F)c1. The fraction of sp³-hybridized carbons (Fsp3) is 0.118. The van der Waals surface area contributed by atoms with Crippen LogP contribution in [-0.4, -0.2) is 15.7 Å². The molecule has 0 bridgehead atoms. The Balaban J connectivity index is 1.68. The summed E-state index contributed by atoms with van der Waals surface area (Å²) in [7, 11) is 0. The van der Waals surface area contributed by atoms with E-state index in [2.05, 4.69) is 10.4 Å². The summed E-state index contributed by atoms with van der Waals surface area (Å²) >= 11 is 1.50. The number of aromatic nitrogens is 2. The molecular weight excluding hydrogens is 329 g/mol. The number of nitrogens with zero attached hydrogens (tertiary/aromatic N) is 2. The van der Waals surface area contributed by atoms with Crippen LogP contribution < -0.4 is 10.9 Å². The number of rotatable bonds is 5. The number of nitrogens with one attached hydrogen (secondary N) is 1. The molecule has 7 heteroatoms. The van der Waals surface area contributed by atoms with Crippen LogP contribution in [0.1, 0.15) is 5.56 Å². The molecule has 1 N–H and O–H groups in total. The number of carbonyl (C=O) groups is 1. The predicted molar refractivity (Wildman–Crippen MR) is 90.1 cm³/mol. The highest BCUT2D eigenvalue weighted by atomic mass is 32.1. The van der Waals surface area contributed by atoms with Crippen LogP contribution in [0.5, 0.6) is 0 Å². The maximum atomic E-state index is 13.1. The first-order chi connectivity index (χ1) is 11.6. The zero-order valence-electron chi connectivity index (χ0n) is 12.6. The molecule has 1 aromatic carbocycles. The van der Waals surface area contributed by atoms with Crippen LogP contribution >= 0.6 is 11.3 Å². The molecular formula is C17H14FN3O2S. The van der Waals surface area contributed by atoms with Crippen molar-refractivity contribution in [2.75, 3.05) is 0 Å². The third-order valence-corrected chi connectivity index (χ3v) is 4.20. The highest BCUT2D eigenvalue weighted by Crippen LogP contribution is 2.20.